The maximum absolute atomic E-state index is 13.0. The first kappa shape index (κ1) is 9.61. The zero-order chi connectivity index (χ0) is 9.19. The van der Waals surface area contributed by atoms with Gasteiger partial charge in [-0.15, -0.1) is 11.3 Å². The van der Waals surface area contributed by atoms with Gasteiger partial charge in [-0.05, 0) is 23.9 Å². The lowest BCUT2D eigenvalue weighted by molar-refractivity contribution is -0.0234. The second kappa shape index (κ2) is 3.49. The number of rotatable bonds is 3. The van der Waals surface area contributed by atoms with E-state index in [4.69, 9.17) is 5.11 Å². The van der Waals surface area contributed by atoms with Crippen molar-refractivity contribution in [2.45, 2.75) is 19.3 Å². The smallest absolute Gasteiger partial charge is 0.284 e. The molecule has 0 aliphatic heterocycles. The molecule has 0 aliphatic carbocycles. The van der Waals surface area contributed by atoms with Crippen LogP contribution in [0, 0.1) is 6.92 Å². The molecule has 1 aromatic heterocycles. The summed E-state index contributed by atoms with van der Waals surface area (Å²) in [5, 5.41) is 10.1. The standard InChI is InChI=1S/C8H10F2OS/c1-6-4-7(12-5-6)8(9,10)2-3-11/h4-5,11H,2-3H2,1H3. The van der Waals surface area contributed by atoms with Crippen molar-refractivity contribution in [1.82, 2.24) is 0 Å². The molecule has 0 spiro atoms. The monoisotopic (exact) mass is 192 g/mol. The maximum atomic E-state index is 13.0. The summed E-state index contributed by atoms with van der Waals surface area (Å²) >= 11 is 1.04. The fraction of sp³-hybridized carbons (Fsp3) is 0.500. The molecule has 0 aliphatic rings. The molecule has 0 bridgehead atoms. The summed E-state index contributed by atoms with van der Waals surface area (Å²) in [6, 6.07) is 1.46. The molecule has 0 saturated carbocycles. The van der Waals surface area contributed by atoms with Crippen LogP contribution in [0.5, 0.6) is 0 Å². The Labute approximate surface area is 73.7 Å². The van der Waals surface area contributed by atoms with Crippen LogP contribution in [0.25, 0.3) is 0 Å². The van der Waals surface area contributed by atoms with Crippen LogP contribution >= 0.6 is 11.3 Å². The first-order chi connectivity index (χ1) is 5.56. The van der Waals surface area contributed by atoms with Gasteiger partial charge in [-0.25, -0.2) is 8.78 Å². The number of aliphatic hydroxyl groups is 1. The van der Waals surface area contributed by atoms with Crippen molar-refractivity contribution in [2.75, 3.05) is 6.61 Å². The number of hydrogen-bond acceptors (Lipinski definition) is 2. The molecule has 0 aromatic carbocycles. The Bertz CT molecular complexity index is 257. The molecule has 1 rings (SSSR count). The molecule has 0 amide bonds. The highest BCUT2D eigenvalue weighted by Gasteiger charge is 2.31. The number of halogens is 2. The normalized spacial score (nSPS) is 12.0. The molecule has 4 heteroatoms. The lowest BCUT2D eigenvalue weighted by Crippen LogP contribution is -2.13. The Morgan fingerprint density at radius 3 is 2.67 bits per heavy atom. The molecule has 0 saturated heterocycles. The number of alkyl halides is 2. The summed E-state index contributed by atoms with van der Waals surface area (Å²) < 4.78 is 26.0. The minimum atomic E-state index is -2.87. The first-order valence-corrected chi connectivity index (χ1v) is 4.48. The van der Waals surface area contributed by atoms with Crippen LogP contribution < -0.4 is 0 Å². The molecule has 0 unspecified atom stereocenters. The van der Waals surface area contributed by atoms with E-state index in [-0.39, 0.29) is 4.88 Å². The molecule has 68 valence electrons. The van der Waals surface area contributed by atoms with E-state index in [0.717, 1.165) is 16.9 Å². The van der Waals surface area contributed by atoms with E-state index in [2.05, 4.69) is 0 Å². The van der Waals surface area contributed by atoms with E-state index in [1.165, 1.54) is 6.07 Å². The Kier molecular flexibility index (Phi) is 2.80. The highest BCUT2D eigenvalue weighted by Crippen LogP contribution is 2.35. The Hall–Kier alpha value is -0.480. The zero-order valence-corrected chi connectivity index (χ0v) is 7.50. The van der Waals surface area contributed by atoms with Gasteiger partial charge in [0.2, 0.25) is 0 Å². The van der Waals surface area contributed by atoms with E-state index in [1.807, 2.05) is 0 Å². The van der Waals surface area contributed by atoms with Crippen LogP contribution in [0.1, 0.15) is 16.9 Å². The van der Waals surface area contributed by atoms with E-state index in [1.54, 1.807) is 12.3 Å². The molecule has 1 nitrogen and oxygen atoms in total. The third-order valence-corrected chi connectivity index (χ3v) is 2.68. The minimum absolute atomic E-state index is 0.0362. The van der Waals surface area contributed by atoms with Crippen molar-refractivity contribution in [3.8, 4) is 0 Å². The topological polar surface area (TPSA) is 20.2 Å². The van der Waals surface area contributed by atoms with Crippen molar-refractivity contribution in [1.29, 1.82) is 0 Å². The second-order valence-corrected chi connectivity index (χ2v) is 3.58. The van der Waals surface area contributed by atoms with Gasteiger partial charge in [-0.1, -0.05) is 0 Å². The molecule has 0 fully saturated rings. The van der Waals surface area contributed by atoms with Gasteiger partial charge in [0.05, 0.1) is 4.88 Å². The van der Waals surface area contributed by atoms with Crippen molar-refractivity contribution < 1.29 is 13.9 Å². The van der Waals surface area contributed by atoms with Gasteiger partial charge in [0, 0.05) is 13.0 Å². The average molecular weight is 192 g/mol. The third-order valence-electron chi connectivity index (χ3n) is 1.52. The molecule has 0 radical (unpaired) electrons. The summed E-state index contributed by atoms with van der Waals surface area (Å²) in [5.74, 6) is -2.87. The molecular weight excluding hydrogens is 182 g/mol. The van der Waals surface area contributed by atoms with Gasteiger partial charge in [0.25, 0.3) is 5.92 Å². The lowest BCUT2D eigenvalue weighted by atomic mass is 10.2. The number of hydrogen-bond donors (Lipinski definition) is 1. The maximum Gasteiger partial charge on any atom is 0.284 e. The molecule has 12 heavy (non-hydrogen) atoms. The Balaban J connectivity index is 2.81. The van der Waals surface area contributed by atoms with Gasteiger partial charge in [0.15, 0.2) is 0 Å². The van der Waals surface area contributed by atoms with Crippen LogP contribution in [0.2, 0.25) is 0 Å². The molecule has 1 heterocycles. The highest BCUT2D eigenvalue weighted by molar-refractivity contribution is 7.10. The van der Waals surface area contributed by atoms with E-state index >= 15 is 0 Å². The van der Waals surface area contributed by atoms with Gasteiger partial charge in [-0.2, -0.15) is 0 Å². The third kappa shape index (κ3) is 2.01. The van der Waals surface area contributed by atoms with Gasteiger partial charge < -0.3 is 5.11 Å². The van der Waals surface area contributed by atoms with Crippen molar-refractivity contribution >= 4 is 11.3 Å². The zero-order valence-electron chi connectivity index (χ0n) is 6.68. The summed E-state index contributed by atoms with van der Waals surface area (Å²) in [7, 11) is 0. The van der Waals surface area contributed by atoms with E-state index in [0.29, 0.717) is 0 Å². The highest BCUT2D eigenvalue weighted by atomic mass is 32.1. The fourth-order valence-corrected chi connectivity index (χ4v) is 1.80. The molecule has 1 N–H and O–H groups in total. The Morgan fingerprint density at radius 1 is 1.58 bits per heavy atom. The largest absolute Gasteiger partial charge is 0.396 e. The van der Waals surface area contributed by atoms with Crippen molar-refractivity contribution in [2.24, 2.45) is 0 Å². The van der Waals surface area contributed by atoms with Gasteiger partial charge in [-0.3, -0.25) is 0 Å². The van der Waals surface area contributed by atoms with E-state index < -0.39 is 19.0 Å². The predicted octanol–water partition coefficient (Wildman–Crippen LogP) is 2.53. The molecule has 0 atom stereocenters. The SMILES string of the molecule is Cc1csc(C(F)(F)CCO)c1. The van der Waals surface area contributed by atoms with Crippen LogP contribution in [0.4, 0.5) is 8.78 Å². The van der Waals surface area contributed by atoms with Crippen molar-refractivity contribution in [3.05, 3.63) is 21.9 Å². The van der Waals surface area contributed by atoms with Crippen LogP contribution in [-0.4, -0.2) is 11.7 Å². The van der Waals surface area contributed by atoms with Crippen molar-refractivity contribution in [3.63, 3.8) is 0 Å². The molecule has 1 aromatic rings. The summed E-state index contributed by atoms with van der Waals surface area (Å²) in [5.41, 5.74) is 0.840. The van der Waals surface area contributed by atoms with Crippen LogP contribution in [0.3, 0.4) is 0 Å². The number of thiophene rings is 1. The second-order valence-electron chi connectivity index (χ2n) is 2.67. The predicted molar refractivity (Wildman–Crippen MR) is 44.7 cm³/mol. The first-order valence-electron chi connectivity index (χ1n) is 3.60. The quantitative estimate of drug-likeness (QED) is 0.780. The average Bonchev–Trinajstić information content (AvgIpc) is 2.36. The molecular formula is C8H10F2OS. The number of aryl methyl sites for hydroxylation is 1. The fourth-order valence-electron chi connectivity index (χ4n) is 0.887. The summed E-state index contributed by atoms with van der Waals surface area (Å²) in [6.45, 7) is 1.29. The Morgan fingerprint density at radius 2 is 2.25 bits per heavy atom. The van der Waals surface area contributed by atoms with Gasteiger partial charge in [0.1, 0.15) is 0 Å². The van der Waals surface area contributed by atoms with Gasteiger partial charge >= 0.3 is 0 Å². The lowest BCUT2D eigenvalue weighted by Gasteiger charge is -2.11. The van der Waals surface area contributed by atoms with E-state index in [9.17, 15) is 8.78 Å². The van der Waals surface area contributed by atoms with Crippen LogP contribution in [-0.2, 0) is 5.92 Å². The summed E-state index contributed by atoms with van der Waals surface area (Å²) in [6.07, 6.45) is -0.493. The minimum Gasteiger partial charge on any atom is -0.396 e. The summed E-state index contributed by atoms with van der Waals surface area (Å²) in [4.78, 5) is 0.0362. The van der Waals surface area contributed by atoms with Crippen LogP contribution in [0.15, 0.2) is 11.4 Å². The number of aliphatic hydroxyl groups excluding tert-OH is 1.